The van der Waals surface area contributed by atoms with Gasteiger partial charge < -0.3 is 4.52 Å². The van der Waals surface area contributed by atoms with Crippen LogP contribution in [-0.2, 0) is 5.75 Å². The van der Waals surface area contributed by atoms with Gasteiger partial charge in [0.2, 0.25) is 0 Å². The molecule has 4 rings (SSSR count). The number of hydrogen-bond donors (Lipinski definition) is 0. The van der Waals surface area contributed by atoms with E-state index in [2.05, 4.69) is 31.1 Å². The Morgan fingerprint density at radius 1 is 1.10 bits per heavy atom. The van der Waals surface area contributed by atoms with Crippen LogP contribution in [0.2, 0.25) is 0 Å². The Labute approximate surface area is 180 Å². The van der Waals surface area contributed by atoms with Crippen molar-refractivity contribution in [2.75, 3.05) is 0 Å². The van der Waals surface area contributed by atoms with E-state index in [0.717, 1.165) is 29.1 Å². The first-order chi connectivity index (χ1) is 14.5. The zero-order valence-electron chi connectivity index (χ0n) is 17.7. The Morgan fingerprint density at radius 2 is 1.83 bits per heavy atom. The molecule has 0 aliphatic carbocycles. The molecule has 0 saturated heterocycles. The van der Waals surface area contributed by atoms with Crippen LogP contribution in [0.3, 0.4) is 0 Å². The lowest BCUT2D eigenvalue weighted by Gasteiger charge is -2.15. The minimum atomic E-state index is -0.0573. The molecule has 154 valence electrons. The molecule has 0 aliphatic rings. The topological polar surface area (TPSA) is 60.9 Å². The SMILES string of the molecule is CC[C@@H](C)c1ccc(-n2c(SCc3c(C)noc3C)nc3ccccc3c2=O)cc1. The van der Waals surface area contributed by atoms with E-state index in [0.29, 0.717) is 27.7 Å². The summed E-state index contributed by atoms with van der Waals surface area (Å²) in [6.45, 7) is 8.23. The maximum atomic E-state index is 13.4. The van der Waals surface area contributed by atoms with Crippen LogP contribution >= 0.6 is 11.8 Å². The van der Waals surface area contributed by atoms with Gasteiger partial charge in [-0.3, -0.25) is 9.36 Å². The van der Waals surface area contributed by atoms with Crippen molar-refractivity contribution in [3.8, 4) is 5.69 Å². The van der Waals surface area contributed by atoms with Gasteiger partial charge >= 0.3 is 0 Å². The van der Waals surface area contributed by atoms with Gasteiger partial charge in [-0.2, -0.15) is 0 Å². The Morgan fingerprint density at radius 3 is 2.50 bits per heavy atom. The molecule has 1 atom stereocenters. The number of thioether (sulfide) groups is 1. The lowest BCUT2D eigenvalue weighted by atomic mass is 9.98. The van der Waals surface area contributed by atoms with E-state index in [1.165, 1.54) is 17.3 Å². The molecule has 2 aromatic carbocycles. The molecule has 0 amide bonds. The molecule has 6 heteroatoms. The average Bonchev–Trinajstić information content (AvgIpc) is 3.09. The standard InChI is InChI=1S/C24H25N3O2S/c1-5-15(2)18-10-12-19(13-11-18)27-23(28)20-8-6-7-9-22(20)25-24(27)30-14-21-16(3)26-29-17(21)4/h6-13,15H,5,14H2,1-4H3/t15-/m1/s1. The highest BCUT2D eigenvalue weighted by Crippen LogP contribution is 2.28. The Kier molecular flexibility index (Phi) is 5.77. The summed E-state index contributed by atoms with van der Waals surface area (Å²) in [7, 11) is 0. The van der Waals surface area contributed by atoms with Gasteiger partial charge in [-0.25, -0.2) is 4.98 Å². The lowest BCUT2D eigenvalue weighted by Crippen LogP contribution is -2.21. The highest BCUT2D eigenvalue weighted by molar-refractivity contribution is 7.98. The summed E-state index contributed by atoms with van der Waals surface area (Å²) in [5, 5.41) is 5.31. The van der Waals surface area contributed by atoms with Crippen LogP contribution in [0.5, 0.6) is 0 Å². The summed E-state index contributed by atoms with van der Waals surface area (Å²) in [4.78, 5) is 18.2. The zero-order chi connectivity index (χ0) is 21.3. The first kappa shape index (κ1) is 20.4. The number of benzene rings is 2. The highest BCUT2D eigenvalue weighted by Gasteiger charge is 2.16. The third kappa shape index (κ3) is 3.79. The second-order valence-corrected chi connectivity index (χ2v) is 8.49. The van der Waals surface area contributed by atoms with Crippen LogP contribution in [-0.4, -0.2) is 14.7 Å². The predicted molar refractivity (Wildman–Crippen MR) is 122 cm³/mol. The molecule has 5 nitrogen and oxygen atoms in total. The molecular weight excluding hydrogens is 394 g/mol. The zero-order valence-corrected chi connectivity index (χ0v) is 18.5. The van der Waals surface area contributed by atoms with Crippen LogP contribution in [0, 0.1) is 13.8 Å². The van der Waals surface area contributed by atoms with Crippen molar-refractivity contribution >= 4 is 22.7 Å². The number of para-hydroxylation sites is 1. The van der Waals surface area contributed by atoms with Gasteiger partial charge in [0.25, 0.3) is 5.56 Å². The van der Waals surface area contributed by atoms with Gasteiger partial charge in [0, 0.05) is 11.3 Å². The van der Waals surface area contributed by atoms with Crippen molar-refractivity contribution in [1.29, 1.82) is 0 Å². The second kappa shape index (κ2) is 8.48. The van der Waals surface area contributed by atoms with E-state index in [4.69, 9.17) is 9.51 Å². The number of nitrogens with zero attached hydrogens (tertiary/aromatic N) is 3. The molecule has 30 heavy (non-hydrogen) atoms. The Bertz CT molecular complexity index is 1220. The number of hydrogen-bond acceptors (Lipinski definition) is 5. The summed E-state index contributed by atoms with van der Waals surface area (Å²) >= 11 is 1.52. The molecule has 0 unspecified atom stereocenters. The van der Waals surface area contributed by atoms with Gasteiger partial charge in [-0.05, 0) is 56.0 Å². The molecule has 0 aliphatic heterocycles. The molecule has 2 heterocycles. The van der Waals surface area contributed by atoms with Crippen molar-refractivity contribution in [2.24, 2.45) is 0 Å². The first-order valence-corrected chi connectivity index (χ1v) is 11.1. The minimum Gasteiger partial charge on any atom is -0.361 e. The van der Waals surface area contributed by atoms with Crippen LogP contribution in [0.25, 0.3) is 16.6 Å². The Hall–Kier alpha value is -2.86. The number of fused-ring (bicyclic) bond motifs is 1. The monoisotopic (exact) mass is 419 g/mol. The van der Waals surface area contributed by atoms with Crippen molar-refractivity contribution in [3.05, 3.63) is 81.5 Å². The number of aromatic nitrogens is 3. The summed E-state index contributed by atoms with van der Waals surface area (Å²) < 4.78 is 7.00. The number of rotatable bonds is 6. The summed E-state index contributed by atoms with van der Waals surface area (Å²) in [5.74, 6) is 1.92. The average molecular weight is 420 g/mol. The highest BCUT2D eigenvalue weighted by atomic mass is 32.2. The van der Waals surface area contributed by atoms with Crippen molar-refractivity contribution < 1.29 is 4.52 Å². The van der Waals surface area contributed by atoms with E-state index in [9.17, 15) is 4.79 Å². The minimum absolute atomic E-state index is 0.0573. The third-order valence-corrected chi connectivity index (χ3v) is 6.57. The van der Waals surface area contributed by atoms with E-state index in [-0.39, 0.29) is 5.56 Å². The molecule has 2 aromatic heterocycles. The fourth-order valence-corrected chi connectivity index (χ4v) is 4.64. The normalized spacial score (nSPS) is 12.4. The maximum Gasteiger partial charge on any atom is 0.266 e. The number of aryl methyl sites for hydroxylation is 2. The molecule has 0 N–H and O–H groups in total. The Balaban J connectivity index is 1.81. The summed E-state index contributed by atoms with van der Waals surface area (Å²) in [5.41, 5.74) is 4.66. The van der Waals surface area contributed by atoms with Gasteiger partial charge in [0.05, 0.1) is 22.3 Å². The van der Waals surface area contributed by atoms with Crippen LogP contribution in [0.4, 0.5) is 0 Å². The summed E-state index contributed by atoms with van der Waals surface area (Å²) in [6.07, 6.45) is 1.08. The molecule has 0 fully saturated rings. The van der Waals surface area contributed by atoms with Gasteiger partial charge in [-0.1, -0.05) is 55.0 Å². The van der Waals surface area contributed by atoms with Crippen molar-refractivity contribution in [3.63, 3.8) is 0 Å². The van der Waals surface area contributed by atoms with Crippen molar-refractivity contribution in [2.45, 2.75) is 50.9 Å². The van der Waals surface area contributed by atoms with E-state index >= 15 is 0 Å². The second-order valence-electron chi connectivity index (χ2n) is 7.54. The smallest absolute Gasteiger partial charge is 0.266 e. The molecular formula is C24H25N3O2S. The molecule has 0 bridgehead atoms. The first-order valence-electron chi connectivity index (χ1n) is 10.2. The van der Waals surface area contributed by atoms with Gasteiger partial charge in [-0.15, -0.1) is 0 Å². The lowest BCUT2D eigenvalue weighted by molar-refractivity contribution is 0.392. The van der Waals surface area contributed by atoms with Crippen LogP contribution < -0.4 is 5.56 Å². The molecule has 0 spiro atoms. The van der Waals surface area contributed by atoms with Crippen LogP contribution in [0.1, 0.15) is 48.8 Å². The predicted octanol–water partition coefficient (Wildman–Crippen LogP) is 5.80. The fourth-order valence-electron chi connectivity index (χ4n) is 3.47. The maximum absolute atomic E-state index is 13.4. The summed E-state index contributed by atoms with van der Waals surface area (Å²) in [6, 6.07) is 15.7. The molecule has 0 saturated carbocycles. The van der Waals surface area contributed by atoms with Crippen molar-refractivity contribution in [1.82, 2.24) is 14.7 Å². The quantitative estimate of drug-likeness (QED) is 0.292. The third-order valence-electron chi connectivity index (χ3n) is 5.60. The molecule has 4 aromatic rings. The molecule has 0 radical (unpaired) electrons. The van der Waals surface area contributed by atoms with E-state index in [1.54, 1.807) is 4.57 Å². The van der Waals surface area contributed by atoms with E-state index < -0.39 is 0 Å². The van der Waals surface area contributed by atoms with E-state index in [1.807, 2.05) is 50.2 Å². The van der Waals surface area contributed by atoms with Gasteiger partial charge in [0.15, 0.2) is 5.16 Å². The fraction of sp³-hybridized carbons (Fsp3) is 0.292. The largest absolute Gasteiger partial charge is 0.361 e. The van der Waals surface area contributed by atoms with Crippen LogP contribution in [0.15, 0.2) is 63.0 Å². The van der Waals surface area contributed by atoms with Gasteiger partial charge in [0.1, 0.15) is 5.76 Å².